The molecule has 2 N–H and O–H groups in total. The lowest BCUT2D eigenvalue weighted by Crippen LogP contribution is -2.38. The summed E-state index contributed by atoms with van der Waals surface area (Å²) < 4.78 is 13.9. The van der Waals surface area contributed by atoms with E-state index in [9.17, 15) is 9.18 Å². The summed E-state index contributed by atoms with van der Waals surface area (Å²) in [6.07, 6.45) is 0.766. The summed E-state index contributed by atoms with van der Waals surface area (Å²) in [5, 5.41) is 0. The van der Waals surface area contributed by atoms with Gasteiger partial charge in [0.15, 0.2) is 0 Å². The Morgan fingerprint density at radius 1 is 1.50 bits per heavy atom. The summed E-state index contributed by atoms with van der Waals surface area (Å²) in [6.45, 7) is 4.25. The van der Waals surface area contributed by atoms with E-state index in [1.165, 1.54) is 11.0 Å². The lowest BCUT2D eigenvalue weighted by atomic mass is 10.1. The lowest BCUT2D eigenvalue weighted by molar-refractivity contribution is 0.0775. The first-order valence-electron chi connectivity index (χ1n) is 5.80. The highest BCUT2D eigenvalue weighted by molar-refractivity contribution is 7.80. The number of amides is 1. The van der Waals surface area contributed by atoms with Crippen molar-refractivity contribution in [3.05, 3.63) is 35.1 Å². The van der Waals surface area contributed by atoms with Crippen molar-refractivity contribution < 1.29 is 9.18 Å². The summed E-state index contributed by atoms with van der Waals surface area (Å²) in [7, 11) is 0. The van der Waals surface area contributed by atoms with Gasteiger partial charge in [0.1, 0.15) is 5.82 Å². The van der Waals surface area contributed by atoms with Crippen LogP contribution in [-0.2, 0) is 0 Å². The maximum Gasteiger partial charge on any atom is 0.257 e. The molecule has 0 aromatic heterocycles. The average molecular weight is 268 g/mol. The van der Waals surface area contributed by atoms with Gasteiger partial charge < -0.3 is 10.6 Å². The SMILES string of the molecule is CCCN(CC(N)=S)C(=O)c1cccc(C)c1F. The highest BCUT2D eigenvalue weighted by Crippen LogP contribution is 2.14. The number of hydrogen-bond acceptors (Lipinski definition) is 2. The molecule has 0 radical (unpaired) electrons. The van der Waals surface area contributed by atoms with Crippen molar-refractivity contribution >= 4 is 23.1 Å². The molecule has 0 unspecified atom stereocenters. The highest BCUT2D eigenvalue weighted by Gasteiger charge is 2.19. The van der Waals surface area contributed by atoms with Gasteiger partial charge in [0.2, 0.25) is 0 Å². The molecular formula is C13H17FN2OS. The molecule has 0 fully saturated rings. The molecule has 5 heteroatoms. The van der Waals surface area contributed by atoms with Crippen LogP contribution < -0.4 is 5.73 Å². The van der Waals surface area contributed by atoms with Gasteiger partial charge in [-0.25, -0.2) is 4.39 Å². The number of rotatable bonds is 5. The standard InChI is InChI=1S/C13H17FN2OS/c1-3-7-16(8-11(15)18)13(17)10-6-4-5-9(2)12(10)14/h4-6H,3,7-8H2,1-2H3,(H2,15,18). The predicted octanol–water partition coefficient (Wildman–Crippen LogP) is 2.27. The second kappa shape index (κ2) is 6.44. The van der Waals surface area contributed by atoms with E-state index in [0.29, 0.717) is 12.1 Å². The van der Waals surface area contributed by atoms with Crippen LogP contribution in [0.3, 0.4) is 0 Å². The number of benzene rings is 1. The van der Waals surface area contributed by atoms with Crippen molar-refractivity contribution in [2.24, 2.45) is 5.73 Å². The van der Waals surface area contributed by atoms with Gasteiger partial charge in [0.05, 0.1) is 17.1 Å². The van der Waals surface area contributed by atoms with E-state index < -0.39 is 5.82 Å². The molecule has 1 amide bonds. The molecule has 0 saturated heterocycles. The van der Waals surface area contributed by atoms with Crippen molar-refractivity contribution in [2.45, 2.75) is 20.3 Å². The summed E-state index contributed by atoms with van der Waals surface area (Å²) in [4.78, 5) is 13.9. The van der Waals surface area contributed by atoms with E-state index in [4.69, 9.17) is 18.0 Å². The number of hydrogen-bond donors (Lipinski definition) is 1. The molecule has 0 spiro atoms. The van der Waals surface area contributed by atoms with Gasteiger partial charge >= 0.3 is 0 Å². The summed E-state index contributed by atoms with van der Waals surface area (Å²) in [6, 6.07) is 4.77. The van der Waals surface area contributed by atoms with Gasteiger partial charge in [-0.05, 0) is 25.0 Å². The number of carbonyl (C=O) groups is 1. The Hall–Kier alpha value is -1.49. The molecule has 0 aliphatic heterocycles. The topological polar surface area (TPSA) is 46.3 Å². The molecule has 18 heavy (non-hydrogen) atoms. The summed E-state index contributed by atoms with van der Waals surface area (Å²) >= 11 is 4.80. The molecule has 1 aromatic carbocycles. The van der Waals surface area contributed by atoms with Gasteiger partial charge in [0.25, 0.3) is 5.91 Å². The Balaban J connectivity index is 3.01. The molecule has 0 heterocycles. The maximum absolute atomic E-state index is 13.9. The van der Waals surface area contributed by atoms with Crippen molar-refractivity contribution in [1.29, 1.82) is 0 Å². The normalized spacial score (nSPS) is 10.2. The predicted molar refractivity (Wildman–Crippen MR) is 74.1 cm³/mol. The maximum atomic E-state index is 13.9. The van der Waals surface area contributed by atoms with Crippen molar-refractivity contribution in [3.8, 4) is 0 Å². The van der Waals surface area contributed by atoms with Crippen LogP contribution in [0.4, 0.5) is 4.39 Å². The minimum atomic E-state index is -0.480. The van der Waals surface area contributed by atoms with E-state index >= 15 is 0 Å². The third-order valence-corrected chi connectivity index (χ3v) is 2.68. The number of aryl methyl sites for hydroxylation is 1. The van der Waals surface area contributed by atoms with Gasteiger partial charge in [0, 0.05) is 6.54 Å². The van der Waals surface area contributed by atoms with Crippen molar-refractivity contribution in [2.75, 3.05) is 13.1 Å². The fourth-order valence-corrected chi connectivity index (χ4v) is 1.85. The molecule has 0 aliphatic rings. The van der Waals surface area contributed by atoms with Crippen molar-refractivity contribution in [1.82, 2.24) is 4.90 Å². The van der Waals surface area contributed by atoms with Crippen LogP contribution in [0.15, 0.2) is 18.2 Å². The molecule has 0 aliphatic carbocycles. The van der Waals surface area contributed by atoms with Gasteiger partial charge in [-0.1, -0.05) is 31.3 Å². The molecule has 1 rings (SSSR count). The molecule has 3 nitrogen and oxygen atoms in total. The molecular weight excluding hydrogens is 251 g/mol. The van der Waals surface area contributed by atoms with Crippen LogP contribution in [0.5, 0.6) is 0 Å². The molecule has 0 atom stereocenters. The highest BCUT2D eigenvalue weighted by atomic mass is 32.1. The van der Waals surface area contributed by atoms with Crippen LogP contribution in [0.25, 0.3) is 0 Å². The van der Waals surface area contributed by atoms with E-state index in [2.05, 4.69) is 0 Å². The first-order valence-corrected chi connectivity index (χ1v) is 6.20. The monoisotopic (exact) mass is 268 g/mol. The second-order valence-electron chi connectivity index (χ2n) is 4.13. The van der Waals surface area contributed by atoms with Crippen LogP contribution >= 0.6 is 12.2 Å². The van der Waals surface area contributed by atoms with E-state index in [-0.39, 0.29) is 23.0 Å². The van der Waals surface area contributed by atoms with Gasteiger partial charge in [-0.3, -0.25) is 4.79 Å². The molecule has 1 aromatic rings. The first kappa shape index (κ1) is 14.6. The Morgan fingerprint density at radius 3 is 2.72 bits per heavy atom. The second-order valence-corrected chi connectivity index (χ2v) is 4.65. The zero-order valence-corrected chi connectivity index (χ0v) is 11.4. The van der Waals surface area contributed by atoms with Crippen LogP contribution in [0.1, 0.15) is 29.3 Å². The first-order chi connectivity index (χ1) is 8.47. The number of carbonyl (C=O) groups excluding carboxylic acids is 1. The lowest BCUT2D eigenvalue weighted by Gasteiger charge is -2.22. The molecule has 98 valence electrons. The summed E-state index contributed by atoms with van der Waals surface area (Å²) in [5.74, 6) is -0.850. The Labute approximate surface area is 112 Å². The average Bonchev–Trinajstić information content (AvgIpc) is 2.31. The third kappa shape index (κ3) is 3.50. The van der Waals surface area contributed by atoms with E-state index in [1.54, 1.807) is 19.1 Å². The van der Waals surface area contributed by atoms with Crippen LogP contribution in [0, 0.1) is 12.7 Å². The minimum absolute atomic E-state index is 0.0692. The van der Waals surface area contributed by atoms with Gasteiger partial charge in [-0.15, -0.1) is 0 Å². The number of nitrogens with zero attached hydrogens (tertiary/aromatic N) is 1. The quantitative estimate of drug-likeness (QED) is 0.833. The molecule has 0 bridgehead atoms. The largest absolute Gasteiger partial charge is 0.392 e. The fourth-order valence-electron chi connectivity index (χ4n) is 1.69. The molecule has 0 saturated carbocycles. The van der Waals surface area contributed by atoms with Crippen LogP contribution in [-0.4, -0.2) is 28.9 Å². The van der Waals surface area contributed by atoms with E-state index in [0.717, 1.165) is 6.42 Å². The number of halogens is 1. The van der Waals surface area contributed by atoms with Gasteiger partial charge in [-0.2, -0.15) is 0 Å². The fraction of sp³-hybridized carbons (Fsp3) is 0.385. The summed E-state index contributed by atoms with van der Waals surface area (Å²) in [5.41, 5.74) is 5.97. The Morgan fingerprint density at radius 2 is 2.17 bits per heavy atom. The Kier molecular flexibility index (Phi) is 5.22. The van der Waals surface area contributed by atoms with E-state index in [1.807, 2.05) is 6.92 Å². The smallest absolute Gasteiger partial charge is 0.257 e. The van der Waals surface area contributed by atoms with Crippen LogP contribution in [0.2, 0.25) is 0 Å². The Bertz CT molecular complexity index is 462. The number of nitrogens with two attached hydrogens (primary N) is 1. The third-order valence-electron chi connectivity index (χ3n) is 2.55. The zero-order valence-electron chi connectivity index (χ0n) is 10.6. The number of thiocarbonyl (C=S) groups is 1. The minimum Gasteiger partial charge on any atom is -0.392 e. The zero-order chi connectivity index (χ0) is 13.7. The van der Waals surface area contributed by atoms with Crippen molar-refractivity contribution in [3.63, 3.8) is 0 Å².